The Morgan fingerprint density at radius 2 is 1.82 bits per heavy atom. The number of guanidine groups is 1. The number of rotatable bonds is 3. The van der Waals surface area contributed by atoms with Gasteiger partial charge in [-0.2, -0.15) is 0 Å². The lowest BCUT2D eigenvalue weighted by molar-refractivity contribution is 0.0174. The molecule has 1 heterocycles. The van der Waals surface area contributed by atoms with Crippen molar-refractivity contribution in [3.8, 4) is 0 Å². The Kier molecular flexibility index (Phi) is 5.08. The van der Waals surface area contributed by atoms with Gasteiger partial charge in [-0.1, -0.05) is 43.0 Å². The Bertz CT molecular complexity index is 950. The maximum Gasteiger partial charge on any atom is 0.270 e. The van der Waals surface area contributed by atoms with Gasteiger partial charge < -0.3 is 10.6 Å². The number of nitrogens with zero attached hydrogens (tertiary/aromatic N) is 2. The lowest BCUT2D eigenvalue weighted by Crippen LogP contribution is -2.47. The summed E-state index contributed by atoms with van der Waals surface area (Å²) in [4.78, 5) is 6.23. The zero-order chi connectivity index (χ0) is 20.9. The predicted molar refractivity (Wildman–Crippen MR) is 109 cm³/mol. The third-order valence-electron chi connectivity index (χ3n) is 5.26. The van der Waals surface area contributed by atoms with Crippen molar-refractivity contribution in [2.45, 2.75) is 31.2 Å². The second-order valence-corrected chi connectivity index (χ2v) is 8.07. The van der Waals surface area contributed by atoms with Crippen LogP contribution in [-0.4, -0.2) is 17.9 Å². The summed E-state index contributed by atoms with van der Waals surface area (Å²) in [5.41, 5.74) is 6.52. The van der Waals surface area contributed by atoms with E-state index in [0.717, 1.165) is 6.92 Å². The van der Waals surface area contributed by atoms with Crippen LogP contribution in [0.25, 0.3) is 0 Å². The average Bonchev–Trinajstić information content (AvgIpc) is 2.62. The van der Waals surface area contributed by atoms with Gasteiger partial charge in [-0.3, -0.25) is 0 Å². The molecule has 0 saturated heterocycles. The van der Waals surface area contributed by atoms with Crippen molar-refractivity contribution in [1.29, 1.82) is 0 Å². The molecule has 0 fully saturated rings. The molecule has 0 radical (unpaired) electrons. The minimum absolute atomic E-state index is 0.0932. The smallest absolute Gasteiger partial charge is 0.270 e. The van der Waals surface area contributed by atoms with E-state index in [1.807, 2.05) is 0 Å². The van der Waals surface area contributed by atoms with E-state index in [0.29, 0.717) is 21.3 Å². The molecule has 3 nitrogen and oxygen atoms in total. The number of aliphatic imine (C=N–C) groups is 1. The highest BCUT2D eigenvalue weighted by molar-refractivity contribution is 9.10. The maximum absolute atomic E-state index is 15.0. The molecule has 0 amide bonds. The van der Waals surface area contributed by atoms with E-state index in [1.54, 1.807) is 49.2 Å². The van der Waals surface area contributed by atoms with E-state index < -0.39 is 23.2 Å². The van der Waals surface area contributed by atoms with Gasteiger partial charge in [-0.15, -0.1) is 0 Å². The van der Waals surface area contributed by atoms with Gasteiger partial charge in [0, 0.05) is 30.8 Å². The standard InChI is InChI=1S/C21H21BrF3N3/c1-12-17(13-8-10-14(11-9-13)21(3,24)25)20(2,27-19(26)28(12)4)15-6-5-7-16(22)18(15)23/h5-11,17H,1H2,2-4H3,(H2,26,27)/t17-,20+/m0/s1. The first kappa shape index (κ1) is 20.5. The van der Waals surface area contributed by atoms with Crippen LogP contribution < -0.4 is 5.73 Å². The number of halogens is 4. The van der Waals surface area contributed by atoms with Crippen molar-refractivity contribution >= 4 is 21.9 Å². The molecular formula is C21H21BrF3N3. The zero-order valence-electron chi connectivity index (χ0n) is 15.8. The minimum Gasteiger partial charge on any atom is -0.370 e. The van der Waals surface area contributed by atoms with Gasteiger partial charge in [-0.05, 0) is 34.5 Å². The Hall–Kier alpha value is -2.28. The van der Waals surface area contributed by atoms with Crippen LogP contribution >= 0.6 is 15.9 Å². The fraction of sp³-hybridized carbons (Fsp3) is 0.286. The van der Waals surface area contributed by atoms with Crippen LogP contribution in [0.3, 0.4) is 0 Å². The molecule has 2 N–H and O–H groups in total. The van der Waals surface area contributed by atoms with Gasteiger partial charge in [0.25, 0.3) is 5.92 Å². The normalized spacial score (nSPS) is 23.0. The number of hydrogen-bond acceptors (Lipinski definition) is 3. The van der Waals surface area contributed by atoms with E-state index in [-0.39, 0.29) is 11.5 Å². The highest BCUT2D eigenvalue weighted by Crippen LogP contribution is 2.49. The summed E-state index contributed by atoms with van der Waals surface area (Å²) in [6, 6.07) is 11.0. The van der Waals surface area contributed by atoms with Crippen molar-refractivity contribution in [3.63, 3.8) is 0 Å². The molecule has 0 bridgehead atoms. The van der Waals surface area contributed by atoms with Crippen LogP contribution in [0.2, 0.25) is 0 Å². The van der Waals surface area contributed by atoms with Gasteiger partial charge in [0.05, 0.1) is 10.4 Å². The molecule has 2 aromatic carbocycles. The fourth-order valence-electron chi connectivity index (χ4n) is 3.64. The topological polar surface area (TPSA) is 41.6 Å². The number of alkyl halides is 2. The molecule has 0 unspecified atom stereocenters. The second-order valence-electron chi connectivity index (χ2n) is 7.21. The summed E-state index contributed by atoms with van der Waals surface area (Å²) in [6.45, 7) is 6.75. The molecule has 2 aromatic rings. The first-order chi connectivity index (χ1) is 13.0. The van der Waals surface area contributed by atoms with Gasteiger partial charge in [0.15, 0.2) is 5.96 Å². The first-order valence-corrected chi connectivity index (χ1v) is 9.46. The molecule has 28 heavy (non-hydrogen) atoms. The largest absolute Gasteiger partial charge is 0.370 e. The summed E-state index contributed by atoms with van der Waals surface area (Å²) in [6.07, 6.45) is 0. The van der Waals surface area contributed by atoms with Gasteiger partial charge in [0.1, 0.15) is 11.4 Å². The molecule has 0 aliphatic carbocycles. The van der Waals surface area contributed by atoms with Crippen molar-refractivity contribution in [3.05, 3.63) is 81.7 Å². The van der Waals surface area contributed by atoms with E-state index in [4.69, 9.17) is 5.73 Å². The van der Waals surface area contributed by atoms with E-state index >= 15 is 0 Å². The predicted octanol–water partition coefficient (Wildman–Crippen LogP) is 5.47. The molecule has 148 valence electrons. The number of nitrogens with two attached hydrogens (primary N) is 1. The molecule has 1 aliphatic rings. The summed E-state index contributed by atoms with van der Waals surface area (Å²) in [7, 11) is 1.72. The highest BCUT2D eigenvalue weighted by Gasteiger charge is 2.45. The SMILES string of the molecule is C=C1[C@@H](c2ccc(C(C)(F)F)cc2)[C@@](C)(c2cccc(Br)c2F)N=C(N)N1C. The number of likely N-dealkylation sites (N-methyl/N-ethyl adjacent to an activating group) is 1. The number of benzene rings is 2. The van der Waals surface area contributed by atoms with Crippen LogP contribution in [0.5, 0.6) is 0 Å². The summed E-state index contributed by atoms with van der Waals surface area (Å²) in [5, 5.41) is 0. The van der Waals surface area contributed by atoms with E-state index in [2.05, 4.69) is 27.5 Å². The number of hydrogen-bond donors (Lipinski definition) is 1. The fourth-order valence-corrected chi connectivity index (χ4v) is 4.00. The highest BCUT2D eigenvalue weighted by atomic mass is 79.9. The molecule has 0 spiro atoms. The van der Waals surface area contributed by atoms with Crippen LogP contribution in [0.15, 0.2) is 64.2 Å². The Morgan fingerprint density at radius 3 is 2.39 bits per heavy atom. The maximum atomic E-state index is 15.0. The Balaban J connectivity index is 2.21. The third-order valence-corrected chi connectivity index (χ3v) is 5.88. The average molecular weight is 452 g/mol. The van der Waals surface area contributed by atoms with Crippen molar-refractivity contribution in [1.82, 2.24) is 4.90 Å². The zero-order valence-corrected chi connectivity index (χ0v) is 17.4. The van der Waals surface area contributed by atoms with Gasteiger partial charge in [-0.25, -0.2) is 18.2 Å². The minimum atomic E-state index is -2.94. The summed E-state index contributed by atoms with van der Waals surface area (Å²) >= 11 is 3.22. The molecule has 3 rings (SSSR count). The van der Waals surface area contributed by atoms with Crippen molar-refractivity contribution < 1.29 is 13.2 Å². The lowest BCUT2D eigenvalue weighted by atomic mass is 9.73. The molecule has 1 aliphatic heterocycles. The van der Waals surface area contributed by atoms with Crippen molar-refractivity contribution in [2.24, 2.45) is 10.7 Å². The van der Waals surface area contributed by atoms with Gasteiger partial charge in [0.2, 0.25) is 0 Å². The Morgan fingerprint density at radius 1 is 1.21 bits per heavy atom. The van der Waals surface area contributed by atoms with Crippen LogP contribution in [0, 0.1) is 5.82 Å². The summed E-state index contributed by atoms with van der Waals surface area (Å²) < 4.78 is 42.5. The molecule has 7 heteroatoms. The molecular weight excluding hydrogens is 431 g/mol. The summed E-state index contributed by atoms with van der Waals surface area (Å²) in [5.74, 6) is -3.67. The Labute approximate surface area is 170 Å². The molecule has 2 atom stereocenters. The molecule has 0 saturated carbocycles. The van der Waals surface area contributed by atoms with Crippen LogP contribution in [0.1, 0.15) is 36.5 Å². The third kappa shape index (κ3) is 3.32. The quantitative estimate of drug-likeness (QED) is 0.671. The second kappa shape index (κ2) is 6.95. The van der Waals surface area contributed by atoms with Gasteiger partial charge >= 0.3 is 0 Å². The molecule has 0 aromatic heterocycles. The van der Waals surface area contributed by atoms with Crippen LogP contribution in [-0.2, 0) is 11.5 Å². The van der Waals surface area contributed by atoms with Crippen LogP contribution in [0.4, 0.5) is 13.2 Å². The lowest BCUT2D eigenvalue weighted by Gasteiger charge is -2.44. The first-order valence-electron chi connectivity index (χ1n) is 8.67. The monoisotopic (exact) mass is 451 g/mol. The van der Waals surface area contributed by atoms with E-state index in [9.17, 15) is 13.2 Å². The van der Waals surface area contributed by atoms with E-state index in [1.165, 1.54) is 12.1 Å². The van der Waals surface area contributed by atoms with Crippen molar-refractivity contribution in [2.75, 3.05) is 7.05 Å².